The van der Waals surface area contributed by atoms with Crippen LogP contribution < -0.4 is 0 Å². The molecule has 0 aliphatic rings. The van der Waals surface area contributed by atoms with Crippen molar-refractivity contribution >= 4 is 0 Å². The van der Waals surface area contributed by atoms with Crippen molar-refractivity contribution in [2.45, 2.75) is 136 Å². The summed E-state index contributed by atoms with van der Waals surface area (Å²) >= 11 is 0. The average molecular weight is 401 g/mol. The summed E-state index contributed by atoms with van der Waals surface area (Å²) < 4.78 is 0. The largest absolute Gasteiger partial charge is 0.0628 e. The Morgan fingerprint density at radius 1 is 0.214 bits per heavy atom. The smallest absolute Gasteiger partial charge is 0.0469 e. The Labute approximate surface area is 184 Å². The van der Waals surface area contributed by atoms with Gasteiger partial charge in [-0.05, 0) is 73.0 Å². The van der Waals surface area contributed by atoms with Crippen molar-refractivity contribution in [1.29, 1.82) is 0 Å². The minimum Gasteiger partial charge on any atom is -0.0628 e. The van der Waals surface area contributed by atoms with E-state index in [0.717, 1.165) is 47.3 Å². The molecule has 0 rings (SSSR count). The zero-order chi connectivity index (χ0) is 23.4. The Morgan fingerprint density at radius 3 is 0.286 bits per heavy atom. The van der Waals surface area contributed by atoms with Gasteiger partial charge in [0, 0.05) is 0 Å². The zero-order valence-corrected chi connectivity index (χ0v) is 23.4. The van der Waals surface area contributed by atoms with Gasteiger partial charge in [0.1, 0.15) is 0 Å². The van der Waals surface area contributed by atoms with Gasteiger partial charge in [0.05, 0.1) is 0 Å². The lowest BCUT2D eigenvalue weighted by Gasteiger charge is -2.05. The van der Waals surface area contributed by atoms with E-state index in [2.05, 4.69) is 111 Å². The van der Waals surface area contributed by atoms with E-state index in [9.17, 15) is 0 Å². The number of hydrogen-bond acceptors (Lipinski definition) is 0. The molecule has 0 heterocycles. The van der Waals surface area contributed by atoms with Crippen molar-refractivity contribution in [1.82, 2.24) is 0 Å². The third-order valence-corrected chi connectivity index (χ3v) is 3.77. The van der Waals surface area contributed by atoms with Gasteiger partial charge in [-0.15, -0.1) is 0 Å². The van der Waals surface area contributed by atoms with Crippen LogP contribution in [0.5, 0.6) is 0 Å². The van der Waals surface area contributed by atoms with Crippen molar-refractivity contribution in [3.05, 3.63) is 0 Å². The minimum atomic E-state index is 0.875. The zero-order valence-electron chi connectivity index (χ0n) is 23.4. The molecule has 176 valence electrons. The van der Waals surface area contributed by atoms with Crippen molar-refractivity contribution < 1.29 is 0 Å². The summed E-state index contributed by atoms with van der Waals surface area (Å²) in [4.78, 5) is 0. The van der Waals surface area contributed by atoms with Crippen LogP contribution in [0, 0.1) is 47.3 Å². The van der Waals surface area contributed by atoms with E-state index in [-0.39, 0.29) is 0 Å². The van der Waals surface area contributed by atoms with Gasteiger partial charge in [-0.3, -0.25) is 0 Å². The highest BCUT2D eigenvalue weighted by molar-refractivity contribution is 4.49. The fraction of sp³-hybridized carbons (Fsp3) is 1.00. The lowest BCUT2D eigenvalue weighted by Crippen LogP contribution is -1.93. The molecule has 0 aliphatic carbocycles. The third-order valence-electron chi connectivity index (χ3n) is 3.77. The lowest BCUT2D eigenvalue weighted by molar-refractivity contribution is 0.469. The fourth-order valence-electron chi connectivity index (χ4n) is 3.77. The Bertz CT molecular complexity index is 173. The van der Waals surface area contributed by atoms with E-state index in [4.69, 9.17) is 0 Å². The maximum Gasteiger partial charge on any atom is -0.0469 e. The molecule has 0 unspecified atom stereocenters. The molecule has 0 nitrogen and oxygen atoms in total. The van der Waals surface area contributed by atoms with Crippen LogP contribution in [0.25, 0.3) is 0 Å². The van der Waals surface area contributed by atoms with Crippen LogP contribution >= 0.6 is 0 Å². The molecule has 0 saturated carbocycles. The van der Waals surface area contributed by atoms with Crippen molar-refractivity contribution in [2.24, 2.45) is 47.3 Å². The molecule has 0 fully saturated rings. The van der Waals surface area contributed by atoms with Gasteiger partial charge >= 0.3 is 0 Å². The van der Waals surface area contributed by atoms with Gasteiger partial charge in [0.2, 0.25) is 0 Å². The predicted octanol–water partition coefficient (Wildman–Crippen LogP) is 10.8. The Hall–Kier alpha value is 0. The van der Waals surface area contributed by atoms with Crippen LogP contribution in [0.2, 0.25) is 0 Å². The molecule has 0 radical (unpaired) electrons. The molecule has 0 aromatic heterocycles. The molecule has 0 N–H and O–H groups in total. The summed E-state index contributed by atoms with van der Waals surface area (Å²) in [5, 5.41) is 0. The van der Waals surface area contributed by atoms with Crippen LogP contribution in [-0.4, -0.2) is 0 Å². The Kier molecular flexibility index (Phi) is 29.5. The summed E-state index contributed by atoms with van der Waals surface area (Å²) in [5.41, 5.74) is 0. The van der Waals surface area contributed by atoms with Gasteiger partial charge in [-0.2, -0.15) is 0 Å². The van der Waals surface area contributed by atoms with E-state index < -0.39 is 0 Å². The first kappa shape index (κ1) is 35.4. The first-order valence-electron chi connectivity index (χ1n) is 12.5. The van der Waals surface area contributed by atoms with Gasteiger partial charge in [0.25, 0.3) is 0 Å². The maximum atomic E-state index is 2.26. The summed E-state index contributed by atoms with van der Waals surface area (Å²) in [7, 11) is 0. The van der Waals surface area contributed by atoms with Crippen molar-refractivity contribution in [3.63, 3.8) is 0 Å². The molecule has 28 heavy (non-hydrogen) atoms. The number of rotatable bonds is 8. The average Bonchev–Trinajstić information content (AvgIpc) is 2.32. The maximum absolute atomic E-state index is 2.26. The molecule has 0 heteroatoms. The van der Waals surface area contributed by atoms with Crippen molar-refractivity contribution in [2.75, 3.05) is 0 Å². The van der Waals surface area contributed by atoms with Gasteiger partial charge in [-0.25, -0.2) is 0 Å². The fourth-order valence-corrected chi connectivity index (χ4v) is 3.77. The number of hydrogen-bond donors (Lipinski definition) is 0. The second kappa shape index (κ2) is 23.3. The highest BCUT2D eigenvalue weighted by Crippen LogP contribution is 2.10. The highest BCUT2D eigenvalue weighted by atomic mass is 14.0. The van der Waals surface area contributed by atoms with E-state index >= 15 is 0 Å². The quantitative estimate of drug-likeness (QED) is 0.380. The summed E-state index contributed by atoms with van der Waals surface area (Å²) in [5.74, 6) is 7.00. The Balaban J connectivity index is -0.000000137. The van der Waals surface area contributed by atoms with E-state index in [1.807, 2.05) is 0 Å². The second-order valence-electron chi connectivity index (χ2n) is 12.1. The molecule has 0 spiro atoms. The summed E-state index contributed by atoms with van der Waals surface area (Å²) in [6.45, 7) is 36.2. The molecular formula is C28H64. The standard InChI is InChI=1S/4C7H16/c4*1-6(2)5-7(3)4/h4*6-7H,5H2,1-4H3. The molecule has 0 bridgehead atoms. The normalized spacial score (nSPS) is 11.1. The van der Waals surface area contributed by atoms with Crippen LogP contribution in [-0.2, 0) is 0 Å². The van der Waals surface area contributed by atoms with Gasteiger partial charge in [-0.1, -0.05) is 111 Å². The molecule has 0 atom stereocenters. The highest BCUT2D eigenvalue weighted by Gasteiger charge is 1.97. The van der Waals surface area contributed by atoms with Gasteiger partial charge < -0.3 is 0 Å². The summed E-state index contributed by atoms with van der Waals surface area (Å²) in [6.07, 6.45) is 5.44. The molecule has 0 amide bonds. The van der Waals surface area contributed by atoms with E-state index in [1.54, 1.807) is 0 Å². The molecule has 0 aromatic rings. The van der Waals surface area contributed by atoms with Crippen LogP contribution in [0.15, 0.2) is 0 Å². The molecule has 0 saturated heterocycles. The van der Waals surface area contributed by atoms with Crippen LogP contribution in [0.1, 0.15) is 136 Å². The monoisotopic (exact) mass is 401 g/mol. The van der Waals surface area contributed by atoms with Crippen LogP contribution in [0.4, 0.5) is 0 Å². The van der Waals surface area contributed by atoms with E-state index in [0.29, 0.717) is 0 Å². The summed E-state index contributed by atoms with van der Waals surface area (Å²) in [6, 6.07) is 0. The lowest BCUT2D eigenvalue weighted by atomic mass is 10.0. The molecular weight excluding hydrogens is 336 g/mol. The minimum absolute atomic E-state index is 0.875. The first-order chi connectivity index (χ1) is 12.5. The predicted molar refractivity (Wildman–Crippen MR) is 137 cm³/mol. The Morgan fingerprint density at radius 2 is 0.286 bits per heavy atom. The van der Waals surface area contributed by atoms with E-state index in [1.165, 1.54) is 25.7 Å². The topological polar surface area (TPSA) is 0 Å². The van der Waals surface area contributed by atoms with Crippen LogP contribution in [0.3, 0.4) is 0 Å². The molecule has 0 aliphatic heterocycles. The first-order valence-corrected chi connectivity index (χ1v) is 12.5. The SMILES string of the molecule is CC(C)CC(C)C.CC(C)CC(C)C.CC(C)CC(C)C.CC(C)CC(C)C. The second-order valence-corrected chi connectivity index (χ2v) is 12.1. The third kappa shape index (κ3) is 63.5. The van der Waals surface area contributed by atoms with Gasteiger partial charge in [0.15, 0.2) is 0 Å². The molecule has 0 aromatic carbocycles. The van der Waals surface area contributed by atoms with Crippen molar-refractivity contribution in [3.8, 4) is 0 Å².